The summed E-state index contributed by atoms with van der Waals surface area (Å²) >= 11 is 0. The first-order valence-electron chi connectivity index (χ1n) is 6.02. The Kier molecular flexibility index (Phi) is 3.19. The molecule has 0 fully saturated rings. The van der Waals surface area contributed by atoms with Crippen LogP contribution in [0.4, 0.5) is 0 Å². The number of hydrogen-bond acceptors (Lipinski definition) is 3. The summed E-state index contributed by atoms with van der Waals surface area (Å²) in [5.74, 6) is 0. The van der Waals surface area contributed by atoms with Crippen molar-refractivity contribution in [3.05, 3.63) is 73.1 Å². The summed E-state index contributed by atoms with van der Waals surface area (Å²) in [5.41, 5.74) is 0. The zero-order chi connectivity index (χ0) is 12.9. The third-order valence-electron chi connectivity index (χ3n) is 2.90. The van der Waals surface area contributed by atoms with Crippen LogP contribution in [0.3, 0.4) is 0 Å². The van der Waals surface area contributed by atoms with Gasteiger partial charge in [-0.1, -0.05) is 48.5 Å². The third kappa shape index (κ3) is 2.60. The first kappa shape index (κ1) is 11.4. The standard InChI is InChI=1S/C14H10.C2H2N2O/c1-2-6-12-10-14-8-4-3-7-13(14)9-11(12)5-1;1-2-5-4-3-1/h1-10H;1-2H. The number of aromatic nitrogens is 2. The van der Waals surface area contributed by atoms with Gasteiger partial charge in [0.15, 0.2) is 0 Å². The van der Waals surface area contributed by atoms with Gasteiger partial charge in [-0.05, 0) is 33.7 Å². The highest BCUT2D eigenvalue weighted by atomic mass is 16.5. The fraction of sp³-hybridized carbons (Fsp3) is 0. The number of rotatable bonds is 0. The van der Waals surface area contributed by atoms with Crippen LogP contribution < -0.4 is 0 Å². The molecule has 0 unspecified atom stereocenters. The van der Waals surface area contributed by atoms with Gasteiger partial charge < -0.3 is 4.52 Å². The lowest BCUT2D eigenvalue weighted by atomic mass is 10.0. The van der Waals surface area contributed by atoms with E-state index in [1.54, 1.807) is 0 Å². The Morgan fingerprint density at radius 1 is 0.684 bits per heavy atom. The van der Waals surface area contributed by atoms with E-state index in [0.29, 0.717) is 0 Å². The fourth-order valence-electron chi connectivity index (χ4n) is 2.02. The zero-order valence-electron chi connectivity index (χ0n) is 10.2. The van der Waals surface area contributed by atoms with E-state index in [0.717, 1.165) is 0 Å². The molecule has 0 aliphatic rings. The van der Waals surface area contributed by atoms with E-state index in [4.69, 9.17) is 0 Å². The van der Waals surface area contributed by atoms with Gasteiger partial charge in [0.25, 0.3) is 0 Å². The predicted molar refractivity (Wildman–Crippen MR) is 75.8 cm³/mol. The van der Waals surface area contributed by atoms with Crippen molar-refractivity contribution in [3.8, 4) is 0 Å². The van der Waals surface area contributed by atoms with Crippen molar-refractivity contribution in [2.24, 2.45) is 0 Å². The van der Waals surface area contributed by atoms with Crippen molar-refractivity contribution in [2.75, 3.05) is 0 Å². The normalized spacial score (nSPS) is 10.1. The lowest BCUT2D eigenvalue weighted by molar-refractivity contribution is 0.393. The second-order valence-electron chi connectivity index (χ2n) is 4.13. The molecule has 4 rings (SSSR count). The van der Waals surface area contributed by atoms with Gasteiger partial charge in [0.05, 0.1) is 6.20 Å². The molecule has 0 aliphatic heterocycles. The minimum atomic E-state index is 1.31. The van der Waals surface area contributed by atoms with Crippen molar-refractivity contribution < 1.29 is 4.52 Å². The van der Waals surface area contributed by atoms with Gasteiger partial charge in [-0.3, -0.25) is 0 Å². The van der Waals surface area contributed by atoms with E-state index >= 15 is 0 Å². The molecule has 0 amide bonds. The van der Waals surface area contributed by atoms with Gasteiger partial charge in [-0.15, -0.1) is 5.10 Å². The van der Waals surface area contributed by atoms with Crippen molar-refractivity contribution in [3.63, 3.8) is 0 Å². The molecule has 3 nitrogen and oxygen atoms in total. The predicted octanol–water partition coefficient (Wildman–Crippen LogP) is 4.06. The lowest BCUT2D eigenvalue weighted by Gasteiger charge is -2.00. The van der Waals surface area contributed by atoms with Gasteiger partial charge in [-0.2, -0.15) is 0 Å². The molecule has 0 radical (unpaired) electrons. The Bertz CT molecular complexity index is 657. The molecule has 1 heterocycles. The number of fused-ring (bicyclic) bond motifs is 2. The van der Waals surface area contributed by atoms with Gasteiger partial charge in [-0.25, -0.2) is 0 Å². The SMILES string of the molecule is c1ccc2cc3ccccc3cc2c1.c1conn1. The quantitative estimate of drug-likeness (QED) is 0.440. The molecule has 4 aromatic rings. The van der Waals surface area contributed by atoms with Crippen LogP contribution in [0.15, 0.2) is 77.6 Å². The summed E-state index contributed by atoms with van der Waals surface area (Å²) in [4.78, 5) is 0. The molecule has 3 aromatic carbocycles. The van der Waals surface area contributed by atoms with Crippen LogP contribution in [0.25, 0.3) is 21.5 Å². The summed E-state index contributed by atoms with van der Waals surface area (Å²) < 4.78 is 4.22. The fourth-order valence-corrected chi connectivity index (χ4v) is 2.02. The van der Waals surface area contributed by atoms with Gasteiger partial charge in [0.2, 0.25) is 0 Å². The van der Waals surface area contributed by atoms with Gasteiger partial charge in [0, 0.05) is 5.27 Å². The summed E-state index contributed by atoms with van der Waals surface area (Å²) in [5, 5.41) is 11.6. The topological polar surface area (TPSA) is 38.9 Å². The van der Waals surface area contributed by atoms with Crippen LogP contribution in [0, 0.1) is 0 Å². The molecule has 19 heavy (non-hydrogen) atoms. The van der Waals surface area contributed by atoms with Crippen molar-refractivity contribution in [1.82, 2.24) is 10.4 Å². The molecule has 0 saturated heterocycles. The van der Waals surface area contributed by atoms with Crippen LogP contribution in [0.5, 0.6) is 0 Å². The Balaban J connectivity index is 0.000000187. The molecular formula is C16H12N2O. The minimum absolute atomic E-state index is 1.31. The van der Waals surface area contributed by atoms with Gasteiger partial charge >= 0.3 is 0 Å². The van der Waals surface area contributed by atoms with E-state index in [-0.39, 0.29) is 0 Å². The van der Waals surface area contributed by atoms with Crippen molar-refractivity contribution in [2.45, 2.75) is 0 Å². The number of hydrogen-bond donors (Lipinski definition) is 0. The van der Waals surface area contributed by atoms with Crippen LogP contribution in [-0.4, -0.2) is 10.4 Å². The van der Waals surface area contributed by atoms with E-state index in [1.165, 1.54) is 34.0 Å². The van der Waals surface area contributed by atoms with E-state index in [1.807, 2.05) is 0 Å². The molecule has 92 valence electrons. The molecule has 0 saturated carbocycles. The first-order chi connectivity index (χ1) is 9.43. The number of nitrogens with zero attached hydrogens (tertiary/aromatic N) is 2. The highest BCUT2D eigenvalue weighted by molar-refractivity contribution is 5.98. The summed E-state index contributed by atoms with van der Waals surface area (Å²) in [7, 11) is 0. The second-order valence-corrected chi connectivity index (χ2v) is 4.13. The average Bonchev–Trinajstić information content (AvgIpc) is 3.04. The van der Waals surface area contributed by atoms with Crippen LogP contribution >= 0.6 is 0 Å². The Hall–Kier alpha value is -2.68. The third-order valence-corrected chi connectivity index (χ3v) is 2.90. The molecule has 0 bridgehead atoms. The van der Waals surface area contributed by atoms with Crippen LogP contribution in [-0.2, 0) is 0 Å². The molecule has 0 N–H and O–H groups in total. The molecule has 1 aromatic heterocycles. The summed E-state index contributed by atoms with van der Waals surface area (Å²) in [6.07, 6.45) is 2.88. The zero-order valence-corrected chi connectivity index (χ0v) is 10.2. The van der Waals surface area contributed by atoms with Crippen LogP contribution in [0.1, 0.15) is 0 Å². The van der Waals surface area contributed by atoms with E-state index in [2.05, 4.69) is 75.6 Å². The Morgan fingerprint density at radius 2 is 1.16 bits per heavy atom. The minimum Gasteiger partial charge on any atom is -0.346 e. The maximum atomic E-state index is 4.22. The molecule has 3 heteroatoms. The van der Waals surface area contributed by atoms with E-state index < -0.39 is 0 Å². The van der Waals surface area contributed by atoms with Gasteiger partial charge in [0.1, 0.15) is 6.26 Å². The Morgan fingerprint density at radius 3 is 1.42 bits per heavy atom. The average molecular weight is 248 g/mol. The highest BCUT2D eigenvalue weighted by Gasteiger charge is 1.95. The Labute approximate surface area is 110 Å². The van der Waals surface area contributed by atoms with Crippen LogP contribution in [0.2, 0.25) is 0 Å². The lowest BCUT2D eigenvalue weighted by Crippen LogP contribution is -1.74. The number of benzene rings is 3. The molecular weight excluding hydrogens is 236 g/mol. The molecule has 0 atom stereocenters. The highest BCUT2D eigenvalue weighted by Crippen LogP contribution is 2.21. The van der Waals surface area contributed by atoms with Crippen molar-refractivity contribution >= 4 is 21.5 Å². The monoisotopic (exact) mass is 248 g/mol. The summed E-state index contributed by atoms with van der Waals surface area (Å²) in [6, 6.07) is 21.4. The maximum absolute atomic E-state index is 4.22. The smallest absolute Gasteiger partial charge is 0.144 e. The molecule has 0 spiro atoms. The maximum Gasteiger partial charge on any atom is 0.144 e. The second kappa shape index (κ2) is 5.31. The largest absolute Gasteiger partial charge is 0.346 e. The van der Waals surface area contributed by atoms with E-state index in [9.17, 15) is 0 Å². The molecule has 0 aliphatic carbocycles. The summed E-state index contributed by atoms with van der Waals surface area (Å²) in [6.45, 7) is 0. The van der Waals surface area contributed by atoms with Crippen molar-refractivity contribution in [1.29, 1.82) is 0 Å². The first-order valence-corrected chi connectivity index (χ1v) is 6.02.